The molecule has 100 valence electrons. The molecule has 0 atom stereocenters. The van der Waals surface area contributed by atoms with Gasteiger partial charge in [0.1, 0.15) is 5.56 Å². The lowest BCUT2D eigenvalue weighted by atomic mass is 10.1. The van der Waals surface area contributed by atoms with Crippen LogP contribution in [-0.4, -0.2) is 23.7 Å². The molecule has 0 bridgehead atoms. The van der Waals surface area contributed by atoms with Crippen LogP contribution in [0.3, 0.4) is 0 Å². The topological polar surface area (TPSA) is 40.5 Å². The largest absolute Gasteiger partial charge is 0.478 e. The Labute approximate surface area is 113 Å². The second-order valence-electron chi connectivity index (χ2n) is 5.08. The van der Waals surface area contributed by atoms with E-state index >= 15 is 0 Å². The molecule has 3 nitrogen and oxygen atoms in total. The fourth-order valence-electron chi connectivity index (χ4n) is 1.94. The summed E-state index contributed by atoms with van der Waals surface area (Å²) in [5.41, 5.74) is 0.882. The van der Waals surface area contributed by atoms with Gasteiger partial charge in [-0.1, -0.05) is 31.5 Å². The molecule has 1 rings (SSSR count). The third-order valence-electron chi connectivity index (χ3n) is 2.70. The lowest BCUT2D eigenvalue weighted by molar-refractivity contribution is 0.0697. The lowest BCUT2D eigenvalue weighted by Crippen LogP contribution is -2.35. The summed E-state index contributed by atoms with van der Waals surface area (Å²) in [6.45, 7) is 9.13. The summed E-state index contributed by atoms with van der Waals surface area (Å²) in [4.78, 5) is 13.4. The summed E-state index contributed by atoms with van der Waals surface area (Å²) in [6.07, 6.45) is 0. The zero-order chi connectivity index (χ0) is 13.9. The zero-order valence-electron chi connectivity index (χ0n) is 11.3. The Bertz CT molecular complexity index is 430. The lowest BCUT2D eigenvalue weighted by Gasteiger charge is -2.32. The monoisotopic (exact) mass is 269 g/mol. The van der Waals surface area contributed by atoms with Crippen molar-refractivity contribution in [1.29, 1.82) is 0 Å². The second kappa shape index (κ2) is 6.10. The van der Waals surface area contributed by atoms with Crippen LogP contribution in [0, 0.1) is 5.92 Å². The second-order valence-corrected chi connectivity index (χ2v) is 5.49. The fraction of sp³-hybridized carbons (Fsp3) is 0.500. The first-order chi connectivity index (χ1) is 8.34. The predicted molar refractivity (Wildman–Crippen MR) is 75.7 cm³/mol. The van der Waals surface area contributed by atoms with Crippen molar-refractivity contribution >= 4 is 23.3 Å². The normalized spacial score (nSPS) is 11.1. The van der Waals surface area contributed by atoms with Crippen LogP contribution in [0.1, 0.15) is 38.1 Å². The molecule has 0 aliphatic heterocycles. The molecule has 0 aromatic heterocycles. The summed E-state index contributed by atoms with van der Waals surface area (Å²) < 4.78 is 0. The first-order valence-corrected chi connectivity index (χ1v) is 6.50. The van der Waals surface area contributed by atoms with E-state index in [0.717, 1.165) is 6.54 Å². The summed E-state index contributed by atoms with van der Waals surface area (Å²) in [5.74, 6) is -0.530. The van der Waals surface area contributed by atoms with Gasteiger partial charge < -0.3 is 10.0 Å². The molecular weight excluding hydrogens is 250 g/mol. The Morgan fingerprint density at radius 3 is 2.39 bits per heavy atom. The Morgan fingerprint density at radius 2 is 1.94 bits per heavy atom. The van der Waals surface area contributed by atoms with Gasteiger partial charge in [-0.25, -0.2) is 4.79 Å². The van der Waals surface area contributed by atoms with Gasteiger partial charge in [0.15, 0.2) is 0 Å². The first-order valence-electron chi connectivity index (χ1n) is 6.13. The SMILES string of the molecule is CC(C)CN(c1cccc(Cl)c1C(=O)O)C(C)C. The van der Waals surface area contributed by atoms with Gasteiger partial charge in [0, 0.05) is 12.6 Å². The Balaban J connectivity index is 3.27. The van der Waals surface area contributed by atoms with Crippen molar-refractivity contribution in [2.45, 2.75) is 33.7 Å². The third-order valence-corrected chi connectivity index (χ3v) is 3.02. The van der Waals surface area contributed by atoms with Gasteiger partial charge in [0.05, 0.1) is 10.7 Å². The quantitative estimate of drug-likeness (QED) is 0.881. The van der Waals surface area contributed by atoms with Crippen molar-refractivity contribution in [2.24, 2.45) is 5.92 Å². The van der Waals surface area contributed by atoms with Crippen LogP contribution in [0.15, 0.2) is 18.2 Å². The van der Waals surface area contributed by atoms with Gasteiger partial charge in [-0.15, -0.1) is 0 Å². The number of carboxylic acid groups (broad SMARTS) is 1. The summed E-state index contributed by atoms with van der Waals surface area (Å²) in [7, 11) is 0. The van der Waals surface area contributed by atoms with Crippen LogP contribution in [0.4, 0.5) is 5.69 Å². The standard InChI is InChI=1S/C14H20ClNO2/c1-9(2)8-16(10(3)4)12-7-5-6-11(15)13(12)14(17)18/h5-7,9-10H,8H2,1-4H3,(H,17,18). The number of rotatable bonds is 5. The van der Waals surface area contributed by atoms with Crippen LogP contribution < -0.4 is 4.90 Å². The molecule has 0 unspecified atom stereocenters. The minimum absolute atomic E-state index is 0.188. The number of carbonyl (C=O) groups is 1. The highest BCUT2D eigenvalue weighted by Gasteiger charge is 2.21. The van der Waals surface area contributed by atoms with E-state index in [1.165, 1.54) is 0 Å². The highest BCUT2D eigenvalue weighted by Crippen LogP contribution is 2.29. The van der Waals surface area contributed by atoms with E-state index in [1.807, 2.05) is 6.07 Å². The summed E-state index contributed by atoms with van der Waals surface area (Å²) in [6, 6.07) is 5.45. The van der Waals surface area contributed by atoms with Crippen LogP contribution in [-0.2, 0) is 0 Å². The molecule has 1 aromatic rings. The zero-order valence-corrected chi connectivity index (χ0v) is 12.0. The van der Waals surface area contributed by atoms with E-state index in [0.29, 0.717) is 11.6 Å². The van der Waals surface area contributed by atoms with Crippen molar-refractivity contribution in [3.8, 4) is 0 Å². The van der Waals surface area contributed by atoms with Gasteiger partial charge in [-0.2, -0.15) is 0 Å². The van der Waals surface area contributed by atoms with Crippen LogP contribution in [0.25, 0.3) is 0 Å². The van der Waals surface area contributed by atoms with E-state index < -0.39 is 5.97 Å². The number of hydrogen-bond acceptors (Lipinski definition) is 2. The molecule has 0 aliphatic rings. The molecule has 1 aromatic carbocycles. The maximum atomic E-state index is 11.3. The van der Waals surface area contributed by atoms with Crippen LogP contribution in [0.5, 0.6) is 0 Å². The molecule has 0 saturated heterocycles. The molecule has 18 heavy (non-hydrogen) atoms. The number of nitrogens with zero attached hydrogens (tertiary/aromatic N) is 1. The molecule has 4 heteroatoms. The number of aromatic carboxylic acids is 1. The van der Waals surface area contributed by atoms with E-state index in [4.69, 9.17) is 11.6 Å². The summed E-state index contributed by atoms with van der Waals surface area (Å²) in [5, 5.41) is 9.59. The molecule has 0 heterocycles. The average Bonchev–Trinajstić information content (AvgIpc) is 2.24. The molecule has 0 fully saturated rings. The number of benzene rings is 1. The molecule has 0 amide bonds. The fourth-order valence-corrected chi connectivity index (χ4v) is 2.19. The van der Waals surface area contributed by atoms with Gasteiger partial charge in [0.25, 0.3) is 0 Å². The summed E-state index contributed by atoms with van der Waals surface area (Å²) >= 11 is 6.00. The van der Waals surface area contributed by atoms with E-state index in [1.54, 1.807) is 12.1 Å². The van der Waals surface area contributed by atoms with E-state index in [2.05, 4.69) is 32.6 Å². The Kier molecular flexibility index (Phi) is 5.03. The average molecular weight is 270 g/mol. The van der Waals surface area contributed by atoms with Gasteiger partial charge in [-0.05, 0) is 31.9 Å². The van der Waals surface area contributed by atoms with E-state index in [-0.39, 0.29) is 16.6 Å². The third kappa shape index (κ3) is 3.39. The maximum absolute atomic E-state index is 11.3. The molecule has 1 N–H and O–H groups in total. The molecule has 0 saturated carbocycles. The van der Waals surface area contributed by atoms with Gasteiger partial charge >= 0.3 is 5.97 Å². The minimum atomic E-state index is -0.981. The van der Waals surface area contributed by atoms with Crippen LogP contribution >= 0.6 is 11.6 Å². The van der Waals surface area contributed by atoms with E-state index in [9.17, 15) is 9.90 Å². The Morgan fingerprint density at radius 1 is 1.33 bits per heavy atom. The van der Waals surface area contributed by atoms with Crippen LogP contribution in [0.2, 0.25) is 5.02 Å². The molecular formula is C14H20ClNO2. The number of halogens is 1. The van der Waals surface area contributed by atoms with Crippen molar-refractivity contribution < 1.29 is 9.90 Å². The molecule has 0 aliphatic carbocycles. The molecule has 0 radical (unpaired) electrons. The predicted octanol–water partition coefficient (Wildman–Crippen LogP) is 3.91. The highest BCUT2D eigenvalue weighted by atomic mass is 35.5. The Hall–Kier alpha value is -1.22. The first kappa shape index (κ1) is 14.8. The minimum Gasteiger partial charge on any atom is -0.478 e. The van der Waals surface area contributed by atoms with Gasteiger partial charge in [-0.3, -0.25) is 0 Å². The smallest absolute Gasteiger partial charge is 0.339 e. The number of carboxylic acids is 1. The number of hydrogen-bond donors (Lipinski definition) is 1. The highest BCUT2D eigenvalue weighted by molar-refractivity contribution is 6.34. The van der Waals surface area contributed by atoms with Crippen molar-refractivity contribution in [3.05, 3.63) is 28.8 Å². The number of anilines is 1. The van der Waals surface area contributed by atoms with Crippen molar-refractivity contribution in [2.75, 3.05) is 11.4 Å². The van der Waals surface area contributed by atoms with Crippen molar-refractivity contribution in [3.63, 3.8) is 0 Å². The molecule has 0 spiro atoms. The van der Waals surface area contributed by atoms with Crippen molar-refractivity contribution in [1.82, 2.24) is 0 Å². The van der Waals surface area contributed by atoms with Gasteiger partial charge in [0.2, 0.25) is 0 Å². The maximum Gasteiger partial charge on any atom is 0.339 e.